The zero-order valence-corrected chi connectivity index (χ0v) is 38.6. The van der Waals surface area contributed by atoms with Gasteiger partial charge in [-0.3, -0.25) is 9.59 Å². The fraction of sp³-hybridized carbons (Fsp3) is 0.420. The highest BCUT2D eigenvalue weighted by Crippen LogP contribution is 2.17. The Morgan fingerprint density at radius 2 is 0.918 bits per heavy atom. The molecule has 0 unspecified atom stereocenters. The molecule has 4 aromatic carbocycles. The number of carbonyl (C=O) groups is 4. The van der Waals surface area contributed by atoms with Gasteiger partial charge in [-0.15, -0.1) is 0 Å². The second-order valence-corrected chi connectivity index (χ2v) is 16.6. The number of ketones is 2. The summed E-state index contributed by atoms with van der Waals surface area (Å²) in [6.07, 6.45) is 3.35. The number of guanidine groups is 1. The van der Waals surface area contributed by atoms with Crippen LogP contribution in [0.1, 0.15) is 141 Å². The Bertz CT molecular complexity index is 1910. The van der Waals surface area contributed by atoms with Crippen molar-refractivity contribution in [2.24, 2.45) is 46.0 Å². The van der Waals surface area contributed by atoms with E-state index >= 15 is 0 Å². The number of nitrogens with zero attached hydrogens (tertiary/aromatic N) is 1. The minimum Gasteiger partial charge on any atom is -0.478 e. The number of aliphatic imine (C=N–C) groups is 1. The molecule has 334 valence electrons. The number of benzene rings is 4. The number of ether oxygens (including phenoxy) is 1. The van der Waals surface area contributed by atoms with Gasteiger partial charge in [0.15, 0.2) is 17.5 Å². The van der Waals surface area contributed by atoms with Gasteiger partial charge in [-0.25, -0.2) is 14.6 Å². The van der Waals surface area contributed by atoms with Crippen LogP contribution in [-0.2, 0) is 24.1 Å². The normalized spacial score (nSPS) is 10.2. The third-order valence-corrected chi connectivity index (χ3v) is 8.67. The molecule has 0 saturated heterocycles. The highest BCUT2D eigenvalue weighted by molar-refractivity contribution is 5.99. The summed E-state index contributed by atoms with van der Waals surface area (Å²) in [5, 5.41) is 8.66. The molecular formula is C50H73N5O6. The summed E-state index contributed by atoms with van der Waals surface area (Å²) in [4.78, 5) is 48.7. The first-order chi connectivity index (χ1) is 28.5. The lowest BCUT2D eigenvalue weighted by molar-refractivity contribution is 0.0599. The number of carboxylic acids is 1. The first-order valence-corrected chi connectivity index (χ1v) is 20.9. The van der Waals surface area contributed by atoms with Gasteiger partial charge in [0.2, 0.25) is 0 Å². The number of rotatable bonds is 13. The predicted molar refractivity (Wildman–Crippen MR) is 253 cm³/mol. The van der Waals surface area contributed by atoms with E-state index in [1.165, 1.54) is 24.7 Å². The molecule has 0 aromatic heterocycles. The van der Waals surface area contributed by atoms with E-state index < -0.39 is 5.97 Å². The van der Waals surface area contributed by atoms with E-state index in [0.29, 0.717) is 46.4 Å². The summed E-state index contributed by atoms with van der Waals surface area (Å²) in [6, 6.07) is 26.9. The molecule has 0 fully saturated rings. The van der Waals surface area contributed by atoms with E-state index in [2.05, 4.69) is 58.2 Å². The quantitative estimate of drug-likeness (QED) is 0.0282. The predicted octanol–water partition coefficient (Wildman–Crippen LogP) is 10.3. The van der Waals surface area contributed by atoms with Crippen LogP contribution in [0.4, 0.5) is 11.4 Å². The van der Waals surface area contributed by atoms with Crippen LogP contribution < -0.4 is 22.9 Å². The highest BCUT2D eigenvalue weighted by Gasteiger charge is 2.12. The maximum Gasteiger partial charge on any atom is 0.337 e. The lowest BCUT2D eigenvalue weighted by atomic mass is 10.0. The summed E-state index contributed by atoms with van der Waals surface area (Å²) >= 11 is 0. The van der Waals surface area contributed by atoms with Crippen molar-refractivity contribution in [2.45, 2.75) is 102 Å². The molecule has 0 spiro atoms. The van der Waals surface area contributed by atoms with E-state index in [4.69, 9.17) is 28.0 Å². The second-order valence-electron chi connectivity index (χ2n) is 16.6. The average molecular weight is 840 g/mol. The van der Waals surface area contributed by atoms with Crippen molar-refractivity contribution in [3.05, 3.63) is 130 Å². The summed E-state index contributed by atoms with van der Waals surface area (Å²) in [6.45, 7) is 23.2. The summed E-state index contributed by atoms with van der Waals surface area (Å²) in [5.74, 6) is 1.27. The number of methoxy groups -OCH3 is 1. The van der Waals surface area contributed by atoms with Crippen LogP contribution in [0.2, 0.25) is 0 Å². The van der Waals surface area contributed by atoms with Crippen molar-refractivity contribution in [1.29, 1.82) is 0 Å². The van der Waals surface area contributed by atoms with Crippen molar-refractivity contribution in [1.82, 2.24) is 0 Å². The number of hydrogen-bond donors (Lipinski definition) is 5. The number of carboxylic acid groups (broad SMARTS) is 1. The van der Waals surface area contributed by atoms with Gasteiger partial charge in [0.1, 0.15) is 0 Å². The first kappa shape index (κ1) is 55.0. The second kappa shape index (κ2) is 29.3. The van der Waals surface area contributed by atoms with Crippen LogP contribution in [0.15, 0.2) is 96.0 Å². The van der Waals surface area contributed by atoms with Crippen LogP contribution in [0, 0.1) is 29.6 Å². The molecule has 0 aliphatic carbocycles. The Hall–Kier alpha value is -5.97. The molecule has 0 aliphatic heterocycles. The SMILES string of the molecule is CC(C)C(=O)c1cc(N)cc(N)c1.CC(C)C(=O)c1ccc(CN=C(N)N)cc1.CC(C)Cc1ccc(C(=O)O)cc1.CCC(C)C.COC(=O)c1ccc(CC(C)C)cc1. The smallest absolute Gasteiger partial charge is 0.337 e. The molecule has 4 rings (SSSR count). The van der Waals surface area contributed by atoms with Gasteiger partial charge in [0, 0.05) is 34.3 Å². The fourth-order valence-electron chi connectivity index (χ4n) is 5.06. The summed E-state index contributed by atoms with van der Waals surface area (Å²) in [5.41, 5.74) is 28.4. The zero-order chi connectivity index (χ0) is 46.8. The third kappa shape index (κ3) is 24.7. The maximum absolute atomic E-state index is 11.7. The number of carbonyl (C=O) groups excluding carboxylic acids is 3. The van der Waals surface area contributed by atoms with Gasteiger partial charge in [0.25, 0.3) is 0 Å². The molecule has 0 atom stereocenters. The van der Waals surface area contributed by atoms with Crippen LogP contribution in [0.25, 0.3) is 0 Å². The van der Waals surface area contributed by atoms with Crippen molar-refractivity contribution >= 4 is 40.8 Å². The molecule has 0 saturated carbocycles. The first-order valence-electron chi connectivity index (χ1n) is 20.9. The average Bonchev–Trinajstić information content (AvgIpc) is 3.20. The molecule has 0 heterocycles. The number of nitrogen functional groups attached to an aromatic ring is 2. The molecule has 0 bridgehead atoms. The van der Waals surface area contributed by atoms with Crippen LogP contribution in [-0.4, -0.2) is 41.7 Å². The van der Waals surface area contributed by atoms with Gasteiger partial charge >= 0.3 is 11.9 Å². The molecule has 4 aromatic rings. The molecule has 11 heteroatoms. The van der Waals surface area contributed by atoms with Crippen molar-refractivity contribution < 1.29 is 29.0 Å². The van der Waals surface area contributed by atoms with E-state index in [-0.39, 0.29) is 35.3 Å². The van der Waals surface area contributed by atoms with Crippen molar-refractivity contribution in [2.75, 3.05) is 18.6 Å². The number of Topliss-reactive ketones (excluding diaryl/α,β-unsaturated/α-hetero) is 2. The number of aromatic carboxylic acids is 1. The summed E-state index contributed by atoms with van der Waals surface area (Å²) in [7, 11) is 1.39. The summed E-state index contributed by atoms with van der Waals surface area (Å²) < 4.78 is 4.62. The number of nitrogens with two attached hydrogens (primary N) is 4. The number of anilines is 2. The fourth-order valence-corrected chi connectivity index (χ4v) is 5.06. The van der Waals surface area contributed by atoms with Gasteiger partial charge in [-0.05, 0) is 89.8 Å². The molecule has 11 nitrogen and oxygen atoms in total. The van der Waals surface area contributed by atoms with Gasteiger partial charge in [0.05, 0.1) is 24.8 Å². The molecule has 9 N–H and O–H groups in total. The van der Waals surface area contributed by atoms with Gasteiger partial charge in [-0.2, -0.15) is 0 Å². The minimum absolute atomic E-state index is 0.0172. The van der Waals surface area contributed by atoms with E-state index in [9.17, 15) is 19.2 Å². The van der Waals surface area contributed by atoms with Crippen LogP contribution in [0.3, 0.4) is 0 Å². The van der Waals surface area contributed by atoms with E-state index in [0.717, 1.165) is 29.9 Å². The van der Waals surface area contributed by atoms with Gasteiger partial charge in [-0.1, -0.05) is 131 Å². The molecule has 61 heavy (non-hydrogen) atoms. The lowest BCUT2D eigenvalue weighted by Gasteiger charge is -2.06. The van der Waals surface area contributed by atoms with Crippen molar-refractivity contribution in [3.63, 3.8) is 0 Å². The Morgan fingerprint density at radius 1 is 0.557 bits per heavy atom. The zero-order valence-electron chi connectivity index (χ0n) is 38.6. The molecule has 0 aliphatic rings. The Morgan fingerprint density at radius 3 is 1.25 bits per heavy atom. The topological polar surface area (TPSA) is 214 Å². The molecular weight excluding hydrogens is 767 g/mol. The molecule has 0 radical (unpaired) electrons. The van der Waals surface area contributed by atoms with Crippen LogP contribution >= 0.6 is 0 Å². The third-order valence-electron chi connectivity index (χ3n) is 8.67. The van der Waals surface area contributed by atoms with E-state index in [1.54, 1.807) is 42.5 Å². The van der Waals surface area contributed by atoms with E-state index in [1.807, 2.05) is 76.2 Å². The van der Waals surface area contributed by atoms with Crippen LogP contribution in [0.5, 0.6) is 0 Å². The largest absolute Gasteiger partial charge is 0.478 e. The molecule has 0 amide bonds. The number of hydrogen-bond acceptors (Lipinski definition) is 8. The Kier molecular flexibility index (Phi) is 26.4. The number of esters is 1. The standard InChI is InChI=1S/C12H17N3O.C12H16O2.C11H14O2.C10H14N2O.C5H12/c1-8(2)11(16)10-5-3-9(4-6-10)7-15-12(13)14;1-9(2)8-10-4-6-11(7-5-10)12(13)14-3;1-8(2)7-9-3-5-10(6-4-9)11(12)13;1-6(2)10(13)7-3-8(11)5-9(12)4-7;1-4-5(2)3/h3-6,8H,7H2,1-2H3,(H4,13,14,15);4-7,9H,8H2,1-3H3;3-6,8H,7H2,1-2H3,(H,12,13);3-6H,11-12H2,1-2H3;5H,4H2,1-3H3. The minimum atomic E-state index is -0.865. The Labute approximate surface area is 365 Å². The highest BCUT2D eigenvalue weighted by atomic mass is 16.5. The van der Waals surface area contributed by atoms with Gasteiger partial charge < -0.3 is 32.8 Å². The monoisotopic (exact) mass is 840 g/mol. The Balaban J connectivity index is 0.000000760. The lowest BCUT2D eigenvalue weighted by Crippen LogP contribution is -2.22. The maximum atomic E-state index is 11.7. The van der Waals surface area contributed by atoms with Crippen molar-refractivity contribution in [3.8, 4) is 0 Å².